The topological polar surface area (TPSA) is 166 Å². The molecule has 2 spiro atoms. The first-order valence-electron chi connectivity index (χ1n) is 23.4. The Balaban J connectivity index is 0.795. The molecule has 5 aliphatic heterocycles. The maximum Gasteiger partial charge on any atom is 0.255 e. The van der Waals surface area contributed by atoms with Crippen molar-refractivity contribution in [2.24, 2.45) is 5.92 Å². The molecule has 1 saturated carbocycles. The van der Waals surface area contributed by atoms with Crippen LogP contribution in [-0.2, 0) is 31.1 Å². The molecule has 0 aromatic heterocycles. The maximum atomic E-state index is 16.4. The van der Waals surface area contributed by atoms with E-state index in [1.807, 2.05) is 23.1 Å². The number of ether oxygens (including phenoxy) is 1. The summed E-state index contributed by atoms with van der Waals surface area (Å²) < 4.78 is 22.2. The van der Waals surface area contributed by atoms with E-state index in [1.54, 1.807) is 53.4 Å². The number of benzene rings is 4. The Labute approximate surface area is 402 Å². The number of amides is 6. The molecule has 11 rings (SSSR count). The molecule has 5 heterocycles. The molecular weight excluding hydrogens is 911 g/mol. The van der Waals surface area contributed by atoms with E-state index in [0.29, 0.717) is 72.0 Å². The fraction of sp³-hybridized carbons (Fsp3) is 0.385. The highest BCUT2D eigenvalue weighted by Gasteiger charge is 2.72. The maximum absolute atomic E-state index is 16.4. The highest BCUT2D eigenvalue weighted by atomic mass is 35.5. The van der Waals surface area contributed by atoms with E-state index in [2.05, 4.69) is 27.3 Å². The number of allylic oxidation sites excluding steroid dienone is 2. The first-order valence-corrected chi connectivity index (χ1v) is 24.2. The normalized spacial score (nSPS) is 26.1. The van der Waals surface area contributed by atoms with Gasteiger partial charge in [-0.1, -0.05) is 84.4 Å². The largest absolute Gasteiger partial charge is 0.495 e. The van der Waals surface area contributed by atoms with E-state index in [-0.39, 0.29) is 58.2 Å². The molecule has 7 aliphatic rings. The monoisotopic (exact) mass is 958 g/mol. The lowest BCUT2D eigenvalue weighted by atomic mass is 9.55. The summed E-state index contributed by atoms with van der Waals surface area (Å²) in [6.07, 6.45) is 7.96. The predicted molar refractivity (Wildman–Crippen MR) is 252 cm³/mol. The smallest absolute Gasteiger partial charge is 0.255 e. The van der Waals surface area contributed by atoms with Gasteiger partial charge in [-0.05, 0) is 103 Å². The molecule has 0 bridgehead atoms. The number of methoxy groups -OCH3 is 1. The third-order valence-electron chi connectivity index (χ3n) is 15.8. The lowest BCUT2D eigenvalue weighted by molar-refractivity contribution is -0.137. The predicted octanol–water partition coefficient (Wildman–Crippen LogP) is 7.77. The van der Waals surface area contributed by atoms with Crippen molar-refractivity contribution in [1.82, 2.24) is 20.4 Å². The summed E-state index contributed by atoms with van der Waals surface area (Å²) in [5, 5.41) is 12.4. The number of piperidine rings is 2. The van der Waals surface area contributed by atoms with E-state index in [4.69, 9.17) is 27.9 Å². The van der Waals surface area contributed by atoms with Crippen LogP contribution >= 0.6 is 23.2 Å². The van der Waals surface area contributed by atoms with Crippen LogP contribution in [0.2, 0.25) is 10.0 Å². The summed E-state index contributed by atoms with van der Waals surface area (Å²) in [5.41, 5.74) is 3.58. The highest BCUT2D eigenvalue weighted by molar-refractivity contribution is 6.31. The zero-order chi connectivity index (χ0) is 47.2. The van der Waals surface area contributed by atoms with Gasteiger partial charge in [0.05, 0.1) is 23.9 Å². The second kappa shape index (κ2) is 16.8. The van der Waals surface area contributed by atoms with Crippen LogP contribution in [-0.4, -0.2) is 83.1 Å². The van der Waals surface area contributed by atoms with Gasteiger partial charge in [-0.2, -0.15) is 0 Å². The second-order valence-electron chi connectivity index (χ2n) is 19.2. The summed E-state index contributed by atoms with van der Waals surface area (Å²) >= 11 is 12.9. The van der Waals surface area contributed by atoms with Crippen LogP contribution in [0.25, 0.3) is 0 Å². The zero-order valence-corrected chi connectivity index (χ0v) is 38.8. The van der Waals surface area contributed by atoms with Crippen molar-refractivity contribution in [3.05, 3.63) is 134 Å². The van der Waals surface area contributed by atoms with Gasteiger partial charge in [-0.15, -0.1) is 0 Å². The van der Waals surface area contributed by atoms with Gasteiger partial charge in [-0.25, -0.2) is 4.39 Å². The van der Waals surface area contributed by atoms with Crippen molar-refractivity contribution in [1.29, 1.82) is 0 Å². The summed E-state index contributed by atoms with van der Waals surface area (Å²) in [6.45, 7) is 1.38. The third-order valence-corrected chi connectivity index (χ3v) is 16.4. The Bertz CT molecular complexity index is 2890. The number of anilines is 2. The van der Waals surface area contributed by atoms with Crippen LogP contribution < -0.4 is 26.0 Å². The number of fused-ring (bicyclic) bond motifs is 4. The molecule has 68 heavy (non-hydrogen) atoms. The molecule has 2 unspecified atom stereocenters. The number of rotatable bonds is 8. The molecule has 4 aromatic rings. The third kappa shape index (κ3) is 6.95. The molecule has 13 nitrogen and oxygen atoms in total. The van der Waals surface area contributed by atoms with E-state index in [9.17, 15) is 28.8 Å². The number of likely N-dealkylation sites (tertiary alicyclic amines) is 1. The van der Waals surface area contributed by atoms with Crippen molar-refractivity contribution in [3.63, 3.8) is 0 Å². The number of nitrogens with one attached hydrogen (secondary N) is 4. The van der Waals surface area contributed by atoms with Crippen molar-refractivity contribution < 1.29 is 37.9 Å². The number of halogens is 3. The molecule has 6 amide bonds. The number of carbonyl (C=O) groups excluding carboxylic acids is 6. The fourth-order valence-electron chi connectivity index (χ4n) is 12.7. The Kier molecular flexibility index (Phi) is 11.0. The number of imide groups is 1. The molecule has 5 atom stereocenters. The first kappa shape index (κ1) is 44.4. The van der Waals surface area contributed by atoms with Crippen molar-refractivity contribution in [2.75, 3.05) is 30.8 Å². The minimum atomic E-state index is -1.39. The van der Waals surface area contributed by atoms with Gasteiger partial charge in [0.15, 0.2) is 0 Å². The van der Waals surface area contributed by atoms with Gasteiger partial charge >= 0.3 is 0 Å². The van der Waals surface area contributed by atoms with Crippen molar-refractivity contribution in [2.45, 2.75) is 99.2 Å². The molecule has 4 N–H and O–H groups in total. The highest BCUT2D eigenvalue weighted by Crippen LogP contribution is 2.63. The molecule has 16 heteroatoms. The van der Waals surface area contributed by atoms with E-state index in [1.165, 1.54) is 18.7 Å². The summed E-state index contributed by atoms with van der Waals surface area (Å²) in [6, 6.07) is 18.8. The number of hydrogen-bond acceptors (Lipinski definition) is 8. The van der Waals surface area contributed by atoms with Crippen LogP contribution in [0.3, 0.4) is 0 Å². The Morgan fingerprint density at radius 3 is 2.41 bits per heavy atom. The van der Waals surface area contributed by atoms with Crippen LogP contribution in [0.5, 0.6) is 5.75 Å². The Morgan fingerprint density at radius 1 is 0.882 bits per heavy atom. The van der Waals surface area contributed by atoms with Gasteiger partial charge in [0.1, 0.15) is 23.0 Å². The van der Waals surface area contributed by atoms with Gasteiger partial charge in [0.25, 0.3) is 11.8 Å². The molecule has 350 valence electrons. The van der Waals surface area contributed by atoms with E-state index < -0.39 is 46.6 Å². The fourth-order valence-corrected chi connectivity index (χ4v) is 13.0. The van der Waals surface area contributed by atoms with Gasteiger partial charge in [0, 0.05) is 65.3 Å². The minimum absolute atomic E-state index is 0.0851. The quantitative estimate of drug-likeness (QED) is 0.103. The van der Waals surface area contributed by atoms with E-state index >= 15 is 4.39 Å². The number of carbonyl (C=O) groups is 6. The van der Waals surface area contributed by atoms with Crippen LogP contribution in [0.1, 0.15) is 113 Å². The molecule has 3 saturated heterocycles. The number of nitrogens with zero attached hydrogens (tertiary/aromatic N) is 2. The van der Waals surface area contributed by atoms with Crippen LogP contribution in [0, 0.1) is 11.7 Å². The Morgan fingerprint density at radius 2 is 1.65 bits per heavy atom. The average molecular weight is 960 g/mol. The number of hydrogen-bond donors (Lipinski definition) is 4. The summed E-state index contributed by atoms with van der Waals surface area (Å²) in [7, 11) is 1.46. The first-order chi connectivity index (χ1) is 32.8. The van der Waals surface area contributed by atoms with E-state index in [0.717, 1.165) is 43.2 Å². The standard InChI is InChI=1S/C52H49Cl2FN6O7/c1-68-41-23-28(48(65)60-21-17-27(18-22-60)33-25-34(33)30-7-5-8-31-35(30)26-61(49(31)66)40-15-16-42(62)58-46(40)63)11-14-38(41)56-47(64)45-43(32-9-6-10-37(54)44(32)55)52(51(59-45)19-3-2-4-20-51)36-13-12-29(53)24-39(36)57-50(52)67/h5-14,23-25,27,34,40,43,45,59H,2-4,15-22,26H2,1H3,(H,56,64)(H,57,67)(H,58,62,63)/t34?,40?,43-,45+,52+/m0/s1. The van der Waals surface area contributed by atoms with Crippen LogP contribution in [0.4, 0.5) is 15.8 Å². The molecule has 0 radical (unpaired) electrons. The van der Waals surface area contributed by atoms with Crippen molar-refractivity contribution in [3.8, 4) is 5.75 Å². The molecule has 4 fully saturated rings. The molecular formula is C52H49Cl2FN6O7. The molecule has 4 aromatic carbocycles. The lowest BCUT2D eigenvalue weighted by Crippen LogP contribution is -2.60. The second-order valence-corrected chi connectivity index (χ2v) is 20.1. The minimum Gasteiger partial charge on any atom is -0.495 e. The Hall–Kier alpha value is -6.09. The zero-order valence-electron chi connectivity index (χ0n) is 37.3. The van der Waals surface area contributed by atoms with Gasteiger partial charge in [0.2, 0.25) is 23.6 Å². The average Bonchev–Trinajstić information content (AvgIpc) is 3.89. The van der Waals surface area contributed by atoms with Gasteiger partial charge < -0.3 is 25.2 Å². The van der Waals surface area contributed by atoms with Gasteiger partial charge in [-0.3, -0.25) is 39.4 Å². The SMILES string of the molecule is COc1cc(C(=O)N2CCC(C3=CC3c3cccc4c3CN(C3CCC(=O)NC3=O)C4=O)CC2)ccc1NC(=O)[C@@H]1NC2(CCCCC2)[C@@]2(C(=O)Nc3cc(Cl)ccc32)[C@H]1c1cccc(Cl)c1F. The van der Waals surface area contributed by atoms with Crippen molar-refractivity contribution >= 4 is 70.0 Å². The van der Waals surface area contributed by atoms with Crippen LogP contribution in [0.15, 0.2) is 84.4 Å². The lowest BCUT2D eigenvalue weighted by Gasteiger charge is -2.47. The molecule has 2 aliphatic carbocycles. The summed E-state index contributed by atoms with van der Waals surface area (Å²) in [5.74, 6) is -3.07. The summed E-state index contributed by atoms with van der Waals surface area (Å²) in [4.78, 5) is 85.0.